The highest BCUT2D eigenvalue weighted by Gasteiger charge is 2.12. The Morgan fingerprint density at radius 1 is 1.29 bits per heavy atom. The molecule has 6 nitrogen and oxygen atoms in total. The number of nitrogens with zero attached hydrogens (tertiary/aromatic N) is 2. The molecule has 0 saturated carbocycles. The van der Waals surface area contributed by atoms with Gasteiger partial charge < -0.3 is 14.6 Å². The number of benzene rings is 1. The van der Waals surface area contributed by atoms with Crippen LogP contribution in [0.1, 0.15) is 16.1 Å². The maximum absolute atomic E-state index is 11.7. The lowest BCUT2D eigenvalue weighted by molar-refractivity contribution is -0.119. The Kier molecular flexibility index (Phi) is 4.36. The number of nitrogens with one attached hydrogen (secondary N) is 1. The van der Waals surface area contributed by atoms with E-state index in [0.29, 0.717) is 16.9 Å². The maximum Gasteiger partial charge on any atom is 0.355 e. The lowest BCUT2D eigenvalue weighted by atomic mass is 10.2. The quantitative estimate of drug-likeness (QED) is 0.865. The van der Waals surface area contributed by atoms with E-state index in [2.05, 4.69) is 5.32 Å². The maximum atomic E-state index is 11.7. The van der Waals surface area contributed by atoms with E-state index >= 15 is 0 Å². The molecule has 2 rings (SSSR count). The van der Waals surface area contributed by atoms with Crippen molar-refractivity contribution in [1.82, 2.24) is 4.57 Å². The Balaban J connectivity index is 1.86. The SMILES string of the molecule is Cn1cccc1C(=O)OCC(=O)Nc1ccc(C#N)cc1. The minimum atomic E-state index is -0.558. The first-order valence-corrected chi connectivity index (χ1v) is 6.18. The number of rotatable bonds is 4. The van der Waals surface area contributed by atoms with Crippen molar-refractivity contribution in [3.05, 3.63) is 53.9 Å². The average Bonchev–Trinajstić information content (AvgIpc) is 2.92. The van der Waals surface area contributed by atoms with Gasteiger partial charge in [0.25, 0.3) is 5.91 Å². The fraction of sp³-hybridized carbons (Fsp3) is 0.133. The molecule has 0 aliphatic heterocycles. The Labute approximate surface area is 121 Å². The highest BCUT2D eigenvalue weighted by molar-refractivity contribution is 5.94. The van der Waals surface area contributed by atoms with Gasteiger partial charge in [0.05, 0.1) is 11.6 Å². The van der Waals surface area contributed by atoms with Gasteiger partial charge >= 0.3 is 5.97 Å². The van der Waals surface area contributed by atoms with E-state index in [1.165, 1.54) is 0 Å². The zero-order chi connectivity index (χ0) is 15.2. The molecule has 0 aliphatic carbocycles. The molecule has 1 aromatic carbocycles. The topological polar surface area (TPSA) is 84.1 Å². The summed E-state index contributed by atoms with van der Waals surface area (Å²) in [6, 6.07) is 11.7. The fourth-order valence-electron chi connectivity index (χ4n) is 1.70. The van der Waals surface area contributed by atoms with Crippen LogP contribution in [-0.2, 0) is 16.6 Å². The summed E-state index contributed by atoms with van der Waals surface area (Å²) in [5.74, 6) is -1.00. The molecule has 0 radical (unpaired) electrons. The monoisotopic (exact) mass is 283 g/mol. The Hall–Kier alpha value is -3.07. The van der Waals surface area contributed by atoms with Crippen molar-refractivity contribution < 1.29 is 14.3 Å². The molecule has 1 aromatic heterocycles. The molecule has 21 heavy (non-hydrogen) atoms. The number of carbonyl (C=O) groups excluding carboxylic acids is 2. The van der Waals surface area contributed by atoms with E-state index < -0.39 is 11.9 Å². The van der Waals surface area contributed by atoms with Gasteiger partial charge in [0.15, 0.2) is 6.61 Å². The predicted molar refractivity (Wildman–Crippen MR) is 75.5 cm³/mol. The largest absolute Gasteiger partial charge is 0.451 e. The average molecular weight is 283 g/mol. The summed E-state index contributed by atoms with van der Waals surface area (Å²) in [6.45, 7) is -0.371. The standard InChI is InChI=1S/C15H13N3O3/c1-18-8-2-3-13(18)15(20)21-10-14(19)17-12-6-4-11(9-16)5-7-12/h2-8H,10H2,1H3,(H,17,19). The van der Waals surface area contributed by atoms with Gasteiger partial charge in [-0.25, -0.2) is 4.79 Å². The van der Waals surface area contributed by atoms with Gasteiger partial charge in [-0.05, 0) is 36.4 Å². The van der Waals surface area contributed by atoms with Crippen LogP contribution in [0.3, 0.4) is 0 Å². The van der Waals surface area contributed by atoms with Gasteiger partial charge in [-0.1, -0.05) is 0 Å². The molecule has 0 fully saturated rings. The van der Waals surface area contributed by atoms with Crippen molar-refractivity contribution in [2.24, 2.45) is 7.05 Å². The highest BCUT2D eigenvalue weighted by atomic mass is 16.5. The van der Waals surface area contributed by atoms with Crippen LogP contribution in [0.15, 0.2) is 42.6 Å². The minimum Gasteiger partial charge on any atom is -0.451 e. The number of ether oxygens (including phenoxy) is 1. The predicted octanol–water partition coefficient (Wildman–Crippen LogP) is 1.69. The number of amides is 1. The van der Waals surface area contributed by atoms with E-state index in [4.69, 9.17) is 10.00 Å². The summed E-state index contributed by atoms with van der Waals surface area (Å²) in [5.41, 5.74) is 1.42. The second-order valence-corrected chi connectivity index (χ2v) is 4.32. The third-order valence-electron chi connectivity index (χ3n) is 2.79. The Morgan fingerprint density at radius 2 is 2.00 bits per heavy atom. The third kappa shape index (κ3) is 3.70. The molecule has 0 spiro atoms. The molecule has 6 heteroatoms. The van der Waals surface area contributed by atoms with Gasteiger partial charge in [0.2, 0.25) is 0 Å². The molecule has 0 atom stereocenters. The van der Waals surface area contributed by atoms with E-state index in [1.807, 2.05) is 6.07 Å². The second-order valence-electron chi connectivity index (χ2n) is 4.32. The zero-order valence-corrected chi connectivity index (χ0v) is 11.4. The minimum absolute atomic E-state index is 0.371. The van der Waals surface area contributed by atoms with E-state index in [-0.39, 0.29) is 6.61 Å². The Bertz CT molecular complexity index is 696. The van der Waals surface area contributed by atoms with Gasteiger partial charge in [0.1, 0.15) is 5.69 Å². The van der Waals surface area contributed by atoms with Crippen LogP contribution >= 0.6 is 0 Å². The van der Waals surface area contributed by atoms with Crippen LogP contribution < -0.4 is 5.32 Å². The molecule has 0 bridgehead atoms. The Morgan fingerprint density at radius 3 is 2.57 bits per heavy atom. The van der Waals surface area contributed by atoms with Gasteiger partial charge in [-0.3, -0.25) is 4.79 Å². The molecular weight excluding hydrogens is 270 g/mol. The lowest BCUT2D eigenvalue weighted by Gasteiger charge is -2.07. The van der Waals surface area contributed by atoms with Crippen LogP contribution in [0.2, 0.25) is 0 Å². The van der Waals surface area contributed by atoms with E-state index in [9.17, 15) is 9.59 Å². The van der Waals surface area contributed by atoms with Crippen molar-refractivity contribution in [3.8, 4) is 6.07 Å². The van der Waals surface area contributed by atoms with Crippen molar-refractivity contribution in [2.45, 2.75) is 0 Å². The molecule has 1 heterocycles. The molecule has 0 unspecified atom stereocenters. The molecule has 106 valence electrons. The summed E-state index contributed by atoms with van der Waals surface area (Å²) >= 11 is 0. The van der Waals surface area contributed by atoms with Crippen molar-refractivity contribution in [3.63, 3.8) is 0 Å². The molecule has 2 aromatic rings. The van der Waals surface area contributed by atoms with Gasteiger partial charge in [0, 0.05) is 18.9 Å². The highest BCUT2D eigenvalue weighted by Crippen LogP contribution is 2.08. The van der Waals surface area contributed by atoms with Gasteiger partial charge in [-0.15, -0.1) is 0 Å². The van der Waals surface area contributed by atoms with Crippen LogP contribution in [0.5, 0.6) is 0 Å². The van der Waals surface area contributed by atoms with Crippen LogP contribution in [-0.4, -0.2) is 23.1 Å². The molecule has 0 aliphatic rings. The number of hydrogen-bond donors (Lipinski definition) is 1. The summed E-state index contributed by atoms with van der Waals surface area (Å²) in [7, 11) is 1.72. The van der Waals surface area contributed by atoms with Crippen LogP contribution in [0.25, 0.3) is 0 Å². The summed E-state index contributed by atoms with van der Waals surface area (Å²) in [6.07, 6.45) is 1.72. The van der Waals surface area contributed by atoms with Crippen molar-refractivity contribution in [2.75, 3.05) is 11.9 Å². The summed E-state index contributed by atoms with van der Waals surface area (Å²) in [5, 5.41) is 11.2. The zero-order valence-electron chi connectivity index (χ0n) is 11.4. The van der Waals surface area contributed by atoms with Crippen molar-refractivity contribution >= 4 is 17.6 Å². The van der Waals surface area contributed by atoms with Crippen LogP contribution in [0.4, 0.5) is 5.69 Å². The number of hydrogen-bond acceptors (Lipinski definition) is 4. The number of aryl methyl sites for hydroxylation is 1. The van der Waals surface area contributed by atoms with E-state index in [1.54, 1.807) is 54.2 Å². The summed E-state index contributed by atoms with van der Waals surface area (Å²) < 4.78 is 6.53. The van der Waals surface area contributed by atoms with E-state index in [0.717, 1.165) is 0 Å². The first-order valence-electron chi connectivity index (χ1n) is 6.18. The molecule has 0 saturated heterocycles. The number of anilines is 1. The molecule has 1 N–H and O–H groups in total. The van der Waals surface area contributed by atoms with Gasteiger partial charge in [-0.2, -0.15) is 5.26 Å². The smallest absolute Gasteiger partial charge is 0.355 e. The number of aromatic nitrogens is 1. The number of nitriles is 1. The first-order chi connectivity index (χ1) is 10.1. The first kappa shape index (κ1) is 14.3. The number of carbonyl (C=O) groups is 2. The second kappa shape index (κ2) is 6.39. The summed E-state index contributed by atoms with van der Waals surface area (Å²) in [4.78, 5) is 23.4. The van der Waals surface area contributed by atoms with Crippen LogP contribution in [0, 0.1) is 11.3 Å². The number of esters is 1. The molecular formula is C15H13N3O3. The molecule has 1 amide bonds. The normalized spacial score (nSPS) is 9.71. The fourth-order valence-corrected chi connectivity index (χ4v) is 1.70. The van der Waals surface area contributed by atoms with Crippen molar-refractivity contribution in [1.29, 1.82) is 5.26 Å². The third-order valence-corrected chi connectivity index (χ3v) is 2.79. The lowest BCUT2D eigenvalue weighted by Crippen LogP contribution is -2.21.